The Labute approximate surface area is 276 Å². The molecule has 1 aromatic heterocycles. The predicted molar refractivity (Wildman–Crippen MR) is 187 cm³/mol. The predicted octanol–water partition coefficient (Wildman–Crippen LogP) is 9.97. The van der Waals surface area contributed by atoms with Crippen molar-refractivity contribution in [3.8, 4) is 11.5 Å². The number of aromatic nitrogens is 2. The molecule has 2 aliphatic heterocycles. The van der Waals surface area contributed by atoms with Crippen molar-refractivity contribution >= 4 is 54.6 Å². The van der Waals surface area contributed by atoms with E-state index in [9.17, 15) is 4.79 Å². The molecule has 0 spiro atoms. The molecule has 3 atom stereocenters. The average molecular weight is 670 g/mol. The van der Waals surface area contributed by atoms with Gasteiger partial charge < -0.3 is 9.47 Å². The minimum absolute atomic E-state index is 0.0327. The number of halogens is 1. The first-order valence-corrected chi connectivity index (χ1v) is 16.6. The Morgan fingerprint density at radius 3 is 2.46 bits per heavy atom. The Balaban J connectivity index is 1.41. The molecule has 0 saturated carbocycles. The monoisotopic (exact) mass is 668 g/mol. The van der Waals surface area contributed by atoms with Gasteiger partial charge in [-0.1, -0.05) is 82.2 Å². The highest BCUT2D eigenvalue weighted by molar-refractivity contribution is 9.10. The number of nitrogens with zero attached hydrogens (tertiary/aromatic N) is 2. The van der Waals surface area contributed by atoms with Crippen LogP contribution in [0.25, 0.3) is 32.8 Å². The lowest BCUT2D eigenvalue weighted by Gasteiger charge is -2.49. The van der Waals surface area contributed by atoms with Crippen LogP contribution in [0.4, 0.5) is 0 Å². The van der Waals surface area contributed by atoms with Crippen LogP contribution in [0, 0.1) is 5.92 Å². The fourth-order valence-electron chi connectivity index (χ4n) is 7.33. The molecule has 0 bridgehead atoms. The van der Waals surface area contributed by atoms with E-state index in [0.29, 0.717) is 23.3 Å². The molecule has 228 valence electrons. The second-order valence-corrected chi connectivity index (χ2v) is 13.8. The third-order valence-electron chi connectivity index (χ3n) is 9.64. The van der Waals surface area contributed by atoms with E-state index in [1.54, 1.807) is 0 Å². The van der Waals surface area contributed by atoms with Crippen molar-refractivity contribution in [3.05, 3.63) is 129 Å². The van der Waals surface area contributed by atoms with Gasteiger partial charge in [-0.15, -0.1) is 0 Å². The molecule has 2 aliphatic rings. The van der Waals surface area contributed by atoms with Gasteiger partial charge in [0.05, 0.1) is 28.7 Å². The summed E-state index contributed by atoms with van der Waals surface area (Å²) in [7, 11) is 0. The standard InChI is InChI=1S/C40H33BrN2O3/c1-23(2)10-9-19-40(3)30-22-45-33-18-16-26(41)21-29(33)34(30)35-37-36(27-13-7-8-14-28(27)39(35)46-40)42-31-17-15-25(20-32(31)43-37)38(44)24-11-5-4-6-12-24/h4-8,10-18,20-21,30,34H,9,19,22H2,1-3H3/t30?,34-,40-/m1/s1. The molecule has 6 aromatic rings. The smallest absolute Gasteiger partial charge is 0.193 e. The molecule has 6 heteroatoms. The lowest BCUT2D eigenvalue weighted by atomic mass is 9.67. The average Bonchev–Trinajstić information content (AvgIpc) is 3.07. The van der Waals surface area contributed by atoms with Gasteiger partial charge in [0.2, 0.25) is 0 Å². The Kier molecular flexibility index (Phi) is 6.95. The molecule has 5 aromatic carbocycles. The van der Waals surface area contributed by atoms with Crippen LogP contribution in [0.2, 0.25) is 0 Å². The summed E-state index contributed by atoms with van der Waals surface area (Å²) in [6, 6.07) is 29.6. The van der Waals surface area contributed by atoms with E-state index >= 15 is 0 Å². The van der Waals surface area contributed by atoms with Gasteiger partial charge in [-0.05, 0) is 70.0 Å². The highest BCUT2D eigenvalue weighted by Gasteiger charge is 2.51. The number of benzene rings is 5. The van der Waals surface area contributed by atoms with Crippen molar-refractivity contribution in [3.63, 3.8) is 0 Å². The first-order chi connectivity index (χ1) is 22.3. The van der Waals surface area contributed by atoms with Gasteiger partial charge >= 0.3 is 0 Å². The molecule has 5 nitrogen and oxygen atoms in total. The van der Waals surface area contributed by atoms with Gasteiger partial charge in [0, 0.05) is 49.3 Å². The van der Waals surface area contributed by atoms with Gasteiger partial charge in [-0.25, -0.2) is 9.97 Å². The van der Waals surface area contributed by atoms with E-state index in [0.717, 1.165) is 67.3 Å². The molecular formula is C40H33BrN2O3. The highest BCUT2D eigenvalue weighted by Crippen LogP contribution is 2.57. The van der Waals surface area contributed by atoms with Crippen LogP contribution in [0.15, 0.2) is 107 Å². The Morgan fingerprint density at radius 2 is 1.65 bits per heavy atom. The fraction of sp³-hybridized carbons (Fsp3) is 0.225. The van der Waals surface area contributed by atoms with Crippen molar-refractivity contribution in [1.82, 2.24) is 9.97 Å². The molecule has 8 rings (SSSR count). The number of rotatable bonds is 5. The van der Waals surface area contributed by atoms with E-state index in [2.05, 4.69) is 73.1 Å². The third-order valence-corrected chi connectivity index (χ3v) is 10.1. The third kappa shape index (κ3) is 4.70. The van der Waals surface area contributed by atoms with E-state index in [1.807, 2.05) is 60.7 Å². The van der Waals surface area contributed by atoms with Crippen molar-refractivity contribution in [2.24, 2.45) is 5.92 Å². The van der Waals surface area contributed by atoms with E-state index < -0.39 is 5.60 Å². The zero-order chi connectivity index (χ0) is 31.6. The topological polar surface area (TPSA) is 61.3 Å². The maximum absolute atomic E-state index is 13.4. The molecule has 0 N–H and O–H groups in total. The second kappa shape index (κ2) is 11.1. The normalized spacial score (nSPS) is 19.9. The zero-order valence-corrected chi connectivity index (χ0v) is 27.6. The van der Waals surface area contributed by atoms with Gasteiger partial charge in [0.15, 0.2) is 5.78 Å². The lowest BCUT2D eigenvalue weighted by Crippen LogP contribution is -2.51. The minimum Gasteiger partial charge on any atom is -0.493 e. The summed E-state index contributed by atoms with van der Waals surface area (Å²) in [6.07, 6.45) is 4.06. The number of carbonyl (C=O) groups is 1. The van der Waals surface area contributed by atoms with Crippen LogP contribution in [-0.4, -0.2) is 28.0 Å². The molecular weight excluding hydrogens is 636 g/mol. The van der Waals surface area contributed by atoms with Gasteiger partial charge in [0.1, 0.15) is 17.1 Å². The number of ketones is 1. The first-order valence-electron chi connectivity index (χ1n) is 15.8. The van der Waals surface area contributed by atoms with E-state index in [1.165, 1.54) is 5.57 Å². The Hall–Kier alpha value is -4.55. The van der Waals surface area contributed by atoms with Crippen LogP contribution in [0.1, 0.15) is 66.6 Å². The summed E-state index contributed by atoms with van der Waals surface area (Å²) >= 11 is 3.74. The maximum Gasteiger partial charge on any atom is 0.193 e. The van der Waals surface area contributed by atoms with Crippen LogP contribution in [0.3, 0.4) is 0 Å². The van der Waals surface area contributed by atoms with Crippen LogP contribution < -0.4 is 9.47 Å². The van der Waals surface area contributed by atoms with E-state index in [4.69, 9.17) is 19.4 Å². The number of hydrogen-bond acceptors (Lipinski definition) is 5. The zero-order valence-electron chi connectivity index (χ0n) is 26.0. The number of fused-ring (bicyclic) bond motifs is 11. The molecule has 0 amide bonds. The molecule has 46 heavy (non-hydrogen) atoms. The SMILES string of the molecule is CC(C)=CCC[C@@]1(C)Oc2c(c3nc4cc(C(=O)c5ccccc5)ccc4nc3c3ccccc23)[C@@H]2c3cc(Br)ccc3OCC21. The molecule has 0 radical (unpaired) electrons. The van der Waals surface area contributed by atoms with Gasteiger partial charge in [0.25, 0.3) is 0 Å². The summed E-state index contributed by atoms with van der Waals surface area (Å²) in [5, 5.41) is 2.03. The van der Waals surface area contributed by atoms with Gasteiger partial charge in [-0.3, -0.25) is 4.79 Å². The Morgan fingerprint density at radius 1 is 0.891 bits per heavy atom. The maximum atomic E-state index is 13.4. The van der Waals surface area contributed by atoms with Gasteiger partial charge in [-0.2, -0.15) is 0 Å². The van der Waals surface area contributed by atoms with Crippen LogP contribution in [0.5, 0.6) is 11.5 Å². The highest BCUT2D eigenvalue weighted by atomic mass is 79.9. The summed E-state index contributed by atoms with van der Waals surface area (Å²) in [5.41, 5.74) is 7.27. The minimum atomic E-state index is -0.486. The number of hydrogen-bond donors (Lipinski definition) is 0. The largest absolute Gasteiger partial charge is 0.493 e. The Bertz CT molecular complexity index is 2220. The number of allylic oxidation sites excluding steroid dienone is 2. The lowest BCUT2D eigenvalue weighted by molar-refractivity contribution is -0.0316. The fourth-order valence-corrected chi connectivity index (χ4v) is 7.71. The molecule has 3 heterocycles. The van der Waals surface area contributed by atoms with Crippen molar-refractivity contribution in [1.29, 1.82) is 0 Å². The second-order valence-electron chi connectivity index (χ2n) is 12.9. The van der Waals surface area contributed by atoms with Crippen molar-refractivity contribution < 1.29 is 14.3 Å². The molecule has 0 fully saturated rings. The van der Waals surface area contributed by atoms with Crippen LogP contribution in [-0.2, 0) is 0 Å². The van der Waals surface area contributed by atoms with Crippen LogP contribution >= 0.6 is 15.9 Å². The number of carbonyl (C=O) groups excluding carboxylic acids is 1. The molecule has 0 aliphatic carbocycles. The van der Waals surface area contributed by atoms with Crippen molar-refractivity contribution in [2.45, 2.75) is 45.1 Å². The summed E-state index contributed by atoms with van der Waals surface area (Å²) in [4.78, 5) is 24.0. The quantitative estimate of drug-likeness (QED) is 0.0792. The summed E-state index contributed by atoms with van der Waals surface area (Å²) in [6.45, 7) is 7.06. The first kappa shape index (κ1) is 28.9. The summed E-state index contributed by atoms with van der Waals surface area (Å²) in [5.74, 6) is 1.72. The summed E-state index contributed by atoms with van der Waals surface area (Å²) < 4.78 is 14.7. The van der Waals surface area contributed by atoms with Crippen molar-refractivity contribution in [2.75, 3.05) is 6.61 Å². The molecule has 1 unspecified atom stereocenters. The molecule has 0 saturated heterocycles. The number of ether oxygens (including phenoxy) is 2. The van der Waals surface area contributed by atoms with E-state index in [-0.39, 0.29) is 17.6 Å².